The van der Waals surface area contributed by atoms with Crippen molar-refractivity contribution < 1.29 is 9.59 Å². The third-order valence-corrected chi connectivity index (χ3v) is 5.24. The van der Waals surface area contributed by atoms with E-state index in [2.05, 4.69) is 15.3 Å². The van der Waals surface area contributed by atoms with E-state index in [0.29, 0.717) is 24.7 Å². The van der Waals surface area contributed by atoms with Gasteiger partial charge in [0.15, 0.2) is 0 Å². The third-order valence-electron chi connectivity index (χ3n) is 4.92. The Morgan fingerprint density at radius 2 is 2.08 bits per heavy atom. The number of rotatable bonds is 3. The maximum atomic E-state index is 12.2. The zero-order valence-electron chi connectivity index (χ0n) is 14.4. The number of carbonyl (C=O) groups is 2. The van der Waals surface area contributed by atoms with Crippen LogP contribution in [0.2, 0.25) is 5.02 Å². The summed E-state index contributed by atoms with van der Waals surface area (Å²) in [6, 6.07) is 6.70. The summed E-state index contributed by atoms with van der Waals surface area (Å²) in [5.41, 5.74) is 1.87. The van der Waals surface area contributed by atoms with Crippen molar-refractivity contribution in [1.82, 2.24) is 24.9 Å². The van der Waals surface area contributed by atoms with Gasteiger partial charge in [-0.1, -0.05) is 23.7 Å². The van der Waals surface area contributed by atoms with Crippen molar-refractivity contribution >= 4 is 23.4 Å². The number of benzene rings is 1. The summed E-state index contributed by atoms with van der Waals surface area (Å²) in [6.07, 6.45) is 3.76. The Labute approximate surface area is 156 Å². The molecule has 26 heavy (non-hydrogen) atoms. The van der Waals surface area contributed by atoms with E-state index < -0.39 is 12.1 Å². The van der Waals surface area contributed by atoms with E-state index in [0.717, 1.165) is 17.8 Å². The Morgan fingerprint density at radius 3 is 2.88 bits per heavy atom. The molecule has 0 aliphatic carbocycles. The molecule has 2 amide bonds. The Balaban J connectivity index is 1.45. The van der Waals surface area contributed by atoms with Crippen LogP contribution >= 0.6 is 11.6 Å². The van der Waals surface area contributed by atoms with Crippen molar-refractivity contribution in [3.63, 3.8) is 0 Å². The van der Waals surface area contributed by atoms with Crippen LogP contribution in [0.15, 0.2) is 36.7 Å². The van der Waals surface area contributed by atoms with Crippen LogP contribution < -0.4 is 5.32 Å². The first-order valence-electron chi connectivity index (χ1n) is 8.64. The predicted molar refractivity (Wildman–Crippen MR) is 97.0 cm³/mol. The number of halogens is 1. The van der Waals surface area contributed by atoms with E-state index in [1.54, 1.807) is 16.5 Å². The van der Waals surface area contributed by atoms with Gasteiger partial charge in [-0.2, -0.15) is 5.10 Å². The van der Waals surface area contributed by atoms with Crippen LogP contribution in [0.3, 0.4) is 0 Å². The second-order valence-corrected chi connectivity index (χ2v) is 7.16. The van der Waals surface area contributed by atoms with Gasteiger partial charge in [0, 0.05) is 37.9 Å². The highest BCUT2D eigenvalue weighted by atomic mass is 35.5. The second-order valence-electron chi connectivity index (χ2n) is 6.76. The first-order valence-corrected chi connectivity index (χ1v) is 9.02. The van der Waals surface area contributed by atoms with E-state index in [1.807, 2.05) is 36.7 Å². The number of fused-ring (bicyclic) bond motifs is 1. The van der Waals surface area contributed by atoms with Crippen LogP contribution in [0, 0.1) is 0 Å². The van der Waals surface area contributed by atoms with E-state index in [-0.39, 0.29) is 11.8 Å². The molecule has 2 aliphatic heterocycles. The van der Waals surface area contributed by atoms with Gasteiger partial charge < -0.3 is 10.2 Å². The molecule has 1 aromatic carbocycles. The molecule has 2 aliphatic rings. The summed E-state index contributed by atoms with van der Waals surface area (Å²) in [6.45, 7) is 4.23. The molecule has 8 heteroatoms. The minimum atomic E-state index is -0.431. The van der Waals surface area contributed by atoms with Gasteiger partial charge in [0.05, 0.1) is 16.9 Å². The van der Waals surface area contributed by atoms with Crippen LogP contribution in [0.25, 0.3) is 5.69 Å². The largest absolute Gasteiger partial charge is 0.343 e. The van der Waals surface area contributed by atoms with Gasteiger partial charge in [-0.25, -0.2) is 4.68 Å². The fraction of sp³-hybridized carbons (Fsp3) is 0.389. The highest BCUT2D eigenvalue weighted by Crippen LogP contribution is 2.21. The lowest BCUT2D eigenvalue weighted by molar-refractivity contribution is -0.152. The fourth-order valence-corrected chi connectivity index (χ4v) is 3.78. The van der Waals surface area contributed by atoms with E-state index in [1.165, 1.54) is 0 Å². The zero-order valence-corrected chi connectivity index (χ0v) is 15.2. The van der Waals surface area contributed by atoms with Crippen molar-refractivity contribution in [3.8, 4) is 5.69 Å². The molecule has 2 saturated heterocycles. The molecular weight excluding hydrogens is 354 g/mol. The van der Waals surface area contributed by atoms with E-state index in [4.69, 9.17) is 11.6 Å². The van der Waals surface area contributed by atoms with Crippen molar-refractivity contribution in [2.75, 3.05) is 19.6 Å². The van der Waals surface area contributed by atoms with Crippen molar-refractivity contribution in [3.05, 3.63) is 47.2 Å². The smallest absolute Gasteiger partial charge is 0.245 e. The van der Waals surface area contributed by atoms with Crippen LogP contribution in [0.1, 0.15) is 12.5 Å². The molecule has 0 radical (unpaired) electrons. The molecule has 3 heterocycles. The fourth-order valence-electron chi connectivity index (χ4n) is 3.56. The summed E-state index contributed by atoms with van der Waals surface area (Å²) in [5.74, 6) is -0.0747. The van der Waals surface area contributed by atoms with E-state index >= 15 is 0 Å². The highest BCUT2D eigenvalue weighted by molar-refractivity contribution is 6.32. The Bertz CT molecular complexity index is 852. The van der Waals surface area contributed by atoms with Crippen molar-refractivity contribution in [1.29, 1.82) is 0 Å². The molecule has 136 valence electrons. The number of nitrogens with one attached hydrogen (secondary N) is 1. The molecule has 0 bridgehead atoms. The van der Waals surface area contributed by atoms with Gasteiger partial charge in [0.1, 0.15) is 12.1 Å². The molecule has 2 aromatic rings. The Hall–Kier alpha value is -2.38. The maximum Gasteiger partial charge on any atom is 0.245 e. The third kappa shape index (κ3) is 3.08. The van der Waals surface area contributed by atoms with Crippen LogP contribution in [0.5, 0.6) is 0 Å². The molecule has 0 spiro atoms. The number of hydrogen-bond acceptors (Lipinski definition) is 4. The lowest BCUT2D eigenvalue weighted by atomic mass is 10.0. The number of piperazine rings is 2. The van der Waals surface area contributed by atoms with E-state index in [9.17, 15) is 9.59 Å². The number of aromatic nitrogens is 2. The normalized spacial score (nSPS) is 23.7. The van der Waals surface area contributed by atoms with Crippen LogP contribution in [-0.4, -0.2) is 63.1 Å². The number of nitrogens with zero attached hydrogens (tertiary/aromatic N) is 4. The number of carbonyl (C=O) groups excluding carboxylic acids is 2. The lowest BCUT2D eigenvalue weighted by Crippen LogP contribution is -2.68. The summed E-state index contributed by atoms with van der Waals surface area (Å²) in [5, 5.41) is 7.79. The number of hydrogen-bond donors (Lipinski definition) is 1. The van der Waals surface area contributed by atoms with Crippen LogP contribution in [0.4, 0.5) is 0 Å². The summed E-state index contributed by atoms with van der Waals surface area (Å²) >= 11 is 6.22. The van der Waals surface area contributed by atoms with Gasteiger partial charge in [-0.15, -0.1) is 0 Å². The lowest BCUT2D eigenvalue weighted by Gasteiger charge is -2.44. The average molecular weight is 374 g/mol. The van der Waals surface area contributed by atoms with Gasteiger partial charge in [-0.3, -0.25) is 14.5 Å². The number of para-hydroxylation sites is 1. The SMILES string of the molecule is C[C@@H]1NC(=O)[C@H]2CN(Cc3cnn(-c4ccccc4Cl)c3)CCN2C1=O. The highest BCUT2D eigenvalue weighted by Gasteiger charge is 2.41. The summed E-state index contributed by atoms with van der Waals surface area (Å²) in [7, 11) is 0. The standard InChI is InChI=1S/C18H20ClN5O2/c1-12-18(26)23-7-6-22(11-16(23)17(25)21-12)9-13-8-20-24(10-13)15-5-3-2-4-14(15)19/h2-5,8,10,12,16H,6-7,9,11H2,1H3,(H,21,25)/t12-,16+/m0/s1. The molecule has 2 fully saturated rings. The Morgan fingerprint density at radius 1 is 1.27 bits per heavy atom. The van der Waals surface area contributed by atoms with Gasteiger partial charge in [-0.05, 0) is 19.1 Å². The van der Waals surface area contributed by atoms with Gasteiger partial charge in [0.25, 0.3) is 0 Å². The molecule has 1 aromatic heterocycles. The average Bonchev–Trinajstić information content (AvgIpc) is 3.08. The molecule has 2 atom stereocenters. The topological polar surface area (TPSA) is 70.5 Å². The monoisotopic (exact) mass is 373 g/mol. The minimum absolute atomic E-state index is 0.000731. The molecule has 0 saturated carbocycles. The van der Waals surface area contributed by atoms with Crippen LogP contribution in [-0.2, 0) is 16.1 Å². The first-order chi connectivity index (χ1) is 12.5. The molecule has 4 rings (SSSR count). The van der Waals surface area contributed by atoms with Crippen molar-refractivity contribution in [2.45, 2.75) is 25.6 Å². The number of amides is 2. The van der Waals surface area contributed by atoms with Crippen molar-refractivity contribution in [2.24, 2.45) is 0 Å². The minimum Gasteiger partial charge on any atom is -0.343 e. The summed E-state index contributed by atoms with van der Waals surface area (Å²) in [4.78, 5) is 28.4. The summed E-state index contributed by atoms with van der Waals surface area (Å²) < 4.78 is 1.76. The zero-order chi connectivity index (χ0) is 18.3. The second kappa shape index (κ2) is 6.74. The first kappa shape index (κ1) is 17.1. The maximum absolute atomic E-state index is 12.2. The van der Waals surface area contributed by atoms with Gasteiger partial charge >= 0.3 is 0 Å². The predicted octanol–water partition coefficient (Wildman–Crippen LogP) is 1.06. The Kier molecular flexibility index (Phi) is 4.42. The van der Waals surface area contributed by atoms with Gasteiger partial charge in [0.2, 0.25) is 11.8 Å². The molecule has 0 unspecified atom stereocenters. The molecule has 1 N–H and O–H groups in total. The molecule has 7 nitrogen and oxygen atoms in total. The molecular formula is C18H20ClN5O2. The quantitative estimate of drug-likeness (QED) is 0.873.